The molecule has 0 spiro atoms. The number of phenols is 1. The van der Waals surface area contributed by atoms with Gasteiger partial charge >= 0.3 is 5.97 Å². The minimum Gasteiger partial charge on any atom is -0.508 e. The van der Waals surface area contributed by atoms with Crippen LogP contribution >= 0.6 is 11.3 Å². The number of thiophene rings is 1. The number of ether oxygens (including phenoxy) is 1. The molecule has 0 fully saturated rings. The van der Waals surface area contributed by atoms with Gasteiger partial charge in [0.15, 0.2) is 0 Å². The van der Waals surface area contributed by atoms with Gasteiger partial charge in [-0.2, -0.15) is 0 Å². The van der Waals surface area contributed by atoms with Crippen LogP contribution in [0.3, 0.4) is 0 Å². The Morgan fingerprint density at radius 1 is 1.33 bits per heavy atom. The van der Waals surface area contributed by atoms with Crippen LogP contribution in [-0.4, -0.2) is 18.2 Å². The summed E-state index contributed by atoms with van der Waals surface area (Å²) in [4.78, 5) is 13.4. The van der Waals surface area contributed by atoms with Crippen molar-refractivity contribution in [2.45, 2.75) is 25.9 Å². The molecule has 1 atom stereocenters. The Bertz CT molecular complexity index is 609. The third kappa shape index (κ3) is 4.58. The summed E-state index contributed by atoms with van der Waals surface area (Å²) in [5.41, 5.74) is 1.04. The maximum Gasteiger partial charge on any atom is 0.310 e. The zero-order valence-electron chi connectivity index (χ0n) is 12.1. The lowest BCUT2D eigenvalue weighted by molar-refractivity contribution is -0.139. The molecule has 2 aromatic rings. The van der Waals surface area contributed by atoms with E-state index < -0.39 is 0 Å². The van der Waals surface area contributed by atoms with Gasteiger partial charge in [-0.1, -0.05) is 12.1 Å². The smallest absolute Gasteiger partial charge is 0.310 e. The molecule has 112 valence electrons. The summed E-state index contributed by atoms with van der Waals surface area (Å²) >= 11 is 1.60. The van der Waals surface area contributed by atoms with Crippen molar-refractivity contribution in [2.75, 3.05) is 7.11 Å². The highest BCUT2D eigenvalue weighted by Gasteiger charge is 2.09. The van der Waals surface area contributed by atoms with Crippen molar-refractivity contribution in [3.63, 3.8) is 0 Å². The molecule has 5 heteroatoms. The molecule has 1 heterocycles. The van der Waals surface area contributed by atoms with E-state index in [9.17, 15) is 9.90 Å². The van der Waals surface area contributed by atoms with E-state index in [4.69, 9.17) is 0 Å². The summed E-state index contributed by atoms with van der Waals surface area (Å²) in [5, 5.41) is 12.9. The van der Waals surface area contributed by atoms with Gasteiger partial charge in [-0.05, 0) is 36.8 Å². The molecule has 0 aliphatic heterocycles. The molecule has 0 bridgehead atoms. The molecule has 0 aliphatic carbocycles. The number of benzene rings is 1. The largest absolute Gasteiger partial charge is 0.508 e. The van der Waals surface area contributed by atoms with Gasteiger partial charge in [-0.15, -0.1) is 11.3 Å². The Labute approximate surface area is 128 Å². The van der Waals surface area contributed by atoms with Crippen molar-refractivity contribution in [2.24, 2.45) is 0 Å². The zero-order valence-corrected chi connectivity index (χ0v) is 12.9. The standard InChI is InChI=1S/C16H19NO3S/c1-11(12-4-3-5-13(18)8-12)17-10-15-7-6-14(21-15)9-16(19)20-2/h3-8,11,17-18H,9-10H2,1-2H3. The van der Waals surface area contributed by atoms with Gasteiger partial charge in [0, 0.05) is 22.3 Å². The summed E-state index contributed by atoms with van der Waals surface area (Å²) in [6.07, 6.45) is 0.323. The summed E-state index contributed by atoms with van der Waals surface area (Å²) in [6, 6.07) is 11.4. The number of esters is 1. The molecular formula is C16H19NO3S. The number of nitrogens with one attached hydrogen (secondary N) is 1. The highest BCUT2D eigenvalue weighted by molar-refractivity contribution is 7.12. The average Bonchev–Trinajstić information content (AvgIpc) is 2.92. The Kier molecular flexibility index (Phi) is 5.36. The Morgan fingerprint density at radius 2 is 2.10 bits per heavy atom. The molecule has 0 aliphatic rings. The summed E-state index contributed by atoms with van der Waals surface area (Å²) in [7, 11) is 1.40. The lowest BCUT2D eigenvalue weighted by atomic mass is 10.1. The molecule has 1 aromatic carbocycles. The third-order valence-corrected chi connectivity index (χ3v) is 4.30. The van der Waals surface area contributed by atoms with Crippen molar-refractivity contribution < 1.29 is 14.6 Å². The number of carbonyl (C=O) groups is 1. The van der Waals surface area contributed by atoms with Crippen LogP contribution in [0.1, 0.15) is 28.3 Å². The molecule has 0 radical (unpaired) electrons. The number of rotatable bonds is 6. The summed E-state index contributed by atoms with van der Waals surface area (Å²) in [6.45, 7) is 2.78. The number of hydrogen-bond acceptors (Lipinski definition) is 5. The van der Waals surface area contributed by atoms with Crippen LogP contribution in [0.15, 0.2) is 36.4 Å². The van der Waals surface area contributed by atoms with E-state index in [1.807, 2.05) is 24.3 Å². The first-order chi connectivity index (χ1) is 10.1. The fourth-order valence-corrected chi connectivity index (χ4v) is 2.95. The van der Waals surface area contributed by atoms with E-state index in [-0.39, 0.29) is 17.8 Å². The van der Waals surface area contributed by atoms with Crippen molar-refractivity contribution in [3.05, 3.63) is 51.7 Å². The van der Waals surface area contributed by atoms with Gasteiger partial charge in [0.2, 0.25) is 0 Å². The first kappa shape index (κ1) is 15.5. The Morgan fingerprint density at radius 3 is 2.81 bits per heavy atom. The highest BCUT2D eigenvalue weighted by atomic mass is 32.1. The van der Waals surface area contributed by atoms with Crippen LogP contribution in [0, 0.1) is 0 Å². The lowest BCUT2D eigenvalue weighted by Gasteiger charge is -2.13. The maximum absolute atomic E-state index is 11.2. The lowest BCUT2D eigenvalue weighted by Crippen LogP contribution is -2.17. The Balaban J connectivity index is 1.89. The zero-order chi connectivity index (χ0) is 15.2. The van der Waals surface area contributed by atoms with E-state index in [1.165, 1.54) is 12.0 Å². The van der Waals surface area contributed by atoms with Gasteiger partial charge in [0.05, 0.1) is 13.5 Å². The van der Waals surface area contributed by atoms with E-state index >= 15 is 0 Å². The second-order valence-electron chi connectivity index (χ2n) is 4.82. The first-order valence-electron chi connectivity index (χ1n) is 6.75. The molecule has 0 saturated heterocycles. The maximum atomic E-state index is 11.2. The quantitative estimate of drug-likeness (QED) is 0.806. The van der Waals surface area contributed by atoms with Crippen LogP contribution in [0.5, 0.6) is 5.75 Å². The SMILES string of the molecule is COC(=O)Cc1ccc(CNC(C)c2cccc(O)c2)s1. The van der Waals surface area contributed by atoms with E-state index in [2.05, 4.69) is 17.0 Å². The Hall–Kier alpha value is -1.85. The van der Waals surface area contributed by atoms with Crippen LogP contribution in [-0.2, 0) is 22.5 Å². The molecule has 1 unspecified atom stereocenters. The summed E-state index contributed by atoms with van der Waals surface area (Å²) in [5.74, 6) is 0.0575. The topological polar surface area (TPSA) is 58.6 Å². The van der Waals surface area contributed by atoms with E-state index in [0.717, 1.165) is 17.0 Å². The van der Waals surface area contributed by atoms with Crippen molar-refractivity contribution >= 4 is 17.3 Å². The van der Waals surface area contributed by atoms with Gasteiger partial charge in [0.25, 0.3) is 0 Å². The molecule has 0 amide bonds. The second kappa shape index (κ2) is 7.24. The van der Waals surface area contributed by atoms with E-state index in [1.54, 1.807) is 23.5 Å². The van der Waals surface area contributed by atoms with Crippen LogP contribution in [0.2, 0.25) is 0 Å². The van der Waals surface area contributed by atoms with E-state index in [0.29, 0.717) is 6.42 Å². The summed E-state index contributed by atoms with van der Waals surface area (Å²) < 4.78 is 4.66. The first-order valence-corrected chi connectivity index (χ1v) is 7.57. The third-order valence-electron chi connectivity index (χ3n) is 3.22. The normalized spacial score (nSPS) is 12.1. The molecular weight excluding hydrogens is 286 g/mol. The predicted molar refractivity (Wildman–Crippen MR) is 83.4 cm³/mol. The molecule has 4 nitrogen and oxygen atoms in total. The van der Waals surface area contributed by atoms with Crippen molar-refractivity contribution in [1.82, 2.24) is 5.32 Å². The highest BCUT2D eigenvalue weighted by Crippen LogP contribution is 2.21. The number of carbonyl (C=O) groups excluding carboxylic acids is 1. The van der Waals surface area contributed by atoms with Gasteiger partial charge in [0.1, 0.15) is 5.75 Å². The molecule has 2 rings (SSSR count). The second-order valence-corrected chi connectivity index (χ2v) is 6.07. The van der Waals surface area contributed by atoms with Gasteiger partial charge in [-0.25, -0.2) is 0 Å². The van der Waals surface area contributed by atoms with Crippen LogP contribution in [0.25, 0.3) is 0 Å². The van der Waals surface area contributed by atoms with Gasteiger partial charge in [-0.3, -0.25) is 4.79 Å². The number of aromatic hydroxyl groups is 1. The monoisotopic (exact) mass is 305 g/mol. The molecule has 2 N–H and O–H groups in total. The van der Waals surface area contributed by atoms with Gasteiger partial charge < -0.3 is 15.2 Å². The predicted octanol–water partition coefficient (Wildman–Crippen LogP) is 3.02. The van der Waals surface area contributed by atoms with Crippen LogP contribution in [0.4, 0.5) is 0 Å². The molecule has 0 saturated carbocycles. The molecule has 21 heavy (non-hydrogen) atoms. The van der Waals surface area contributed by atoms with Crippen LogP contribution < -0.4 is 5.32 Å². The average molecular weight is 305 g/mol. The van der Waals surface area contributed by atoms with Crippen molar-refractivity contribution in [3.8, 4) is 5.75 Å². The molecule has 1 aromatic heterocycles. The van der Waals surface area contributed by atoms with Crippen molar-refractivity contribution in [1.29, 1.82) is 0 Å². The fraction of sp³-hybridized carbons (Fsp3) is 0.312. The number of methoxy groups -OCH3 is 1. The minimum atomic E-state index is -0.218. The minimum absolute atomic E-state index is 0.142. The number of phenolic OH excluding ortho intramolecular Hbond substituents is 1. The number of hydrogen-bond donors (Lipinski definition) is 2. The fourth-order valence-electron chi connectivity index (χ4n) is 1.99.